The molecule has 7 heavy (non-hydrogen) atoms. The molecule has 5 heteroatoms. The fourth-order valence-electron chi connectivity index (χ4n) is 0. The van der Waals surface area contributed by atoms with Gasteiger partial charge in [-0.3, -0.25) is 0 Å². The van der Waals surface area contributed by atoms with Crippen LogP contribution in [0.1, 0.15) is 0 Å². The molecule has 3 radical (unpaired) electrons. The van der Waals surface area contributed by atoms with Crippen molar-refractivity contribution >= 4 is 10.2 Å². The van der Waals surface area contributed by atoms with Crippen LogP contribution in [0.5, 0.6) is 0 Å². The highest BCUT2D eigenvalue weighted by Gasteiger charge is 2.23. The van der Waals surface area contributed by atoms with Crippen LogP contribution in [-0.4, -0.2) is 42.4 Å². The van der Waals surface area contributed by atoms with Crippen molar-refractivity contribution in [2.75, 3.05) is 0 Å². The molecule has 0 rings (SSSR count). The van der Waals surface area contributed by atoms with E-state index in [1.165, 1.54) is 0 Å². The lowest BCUT2D eigenvalue weighted by Gasteiger charge is -2.16. The van der Waals surface area contributed by atoms with Gasteiger partial charge in [0.15, 0.2) is 5.41 Å². The number of rotatable bonds is 1. The third-order valence-electron chi connectivity index (χ3n) is 0.360. The zero-order valence-electron chi connectivity index (χ0n) is 3.37. The number of aliphatic hydroxyl groups is 4. The average molecular weight is 121 g/mol. The Morgan fingerprint density at radius 3 is 1.43 bits per heavy atom. The normalized spacial score (nSPS) is 12.9. The standard InChI is InChI=1S/C2H5O4Si/c3-1(4)2(5,6)7/h1,3-6H. The van der Waals surface area contributed by atoms with Crippen molar-refractivity contribution in [3.8, 4) is 0 Å². The summed E-state index contributed by atoms with van der Waals surface area (Å²) in [5.41, 5.74) is -2.58. The second kappa shape index (κ2) is 1.89. The van der Waals surface area contributed by atoms with Crippen LogP contribution >= 0.6 is 0 Å². The van der Waals surface area contributed by atoms with Gasteiger partial charge >= 0.3 is 0 Å². The molecule has 41 valence electrons. The molecular formula is C2H5O4Si. The lowest BCUT2D eigenvalue weighted by atomic mass is 10.6. The topological polar surface area (TPSA) is 80.9 Å². The van der Waals surface area contributed by atoms with Crippen molar-refractivity contribution in [1.29, 1.82) is 0 Å². The van der Waals surface area contributed by atoms with Gasteiger partial charge in [-0.1, -0.05) is 0 Å². The van der Waals surface area contributed by atoms with Gasteiger partial charge in [-0.2, -0.15) is 0 Å². The van der Waals surface area contributed by atoms with Gasteiger partial charge < -0.3 is 20.4 Å². The van der Waals surface area contributed by atoms with Crippen molar-refractivity contribution in [2.24, 2.45) is 0 Å². The van der Waals surface area contributed by atoms with Gasteiger partial charge in [0.1, 0.15) is 10.2 Å². The first-order valence-corrected chi connectivity index (χ1v) is 2.00. The Labute approximate surface area is 43.5 Å². The van der Waals surface area contributed by atoms with Crippen molar-refractivity contribution in [1.82, 2.24) is 0 Å². The zero-order valence-corrected chi connectivity index (χ0v) is 4.37. The van der Waals surface area contributed by atoms with E-state index in [4.69, 9.17) is 20.4 Å². The van der Waals surface area contributed by atoms with Gasteiger partial charge in [0.05, 0.1) is 0 Å². The minimum Gasteiger partial charge on any atom is -0.366 e. The maximum absolute atomic E-state index is 8.06. The quantitative estimate of drug-likeness (QED) is 0.222. The largest absolute Gasteiger partial charge is 0.366 e. The predicted molar refractivity (Wildman–Crippen MR) is 21.1 cm³/mol. The van der Waals surface area contributed by atoms with E-state index in [1.807, 2.05) is 0 Å². The van der Waals surface area contributed by atoms with Crippen LogP contribution in [0.4, 0.5) is 0 Å². The molecule has 0 spiro atoms. The van der Waals surface area contributed by atoms with E-state index in [9.17, 15) is 0 Å². The van der Waals surface area contributed by atoms with Gasteiger partial charge in [-0.15, -0.1) is 0 Å². The minimum absolute atomic E-state index is 2.18. The fraction of sp³-hybridized carbons (Fsp3) is 1.00. The highest BCUT2D eigenvalue weighted by Crippen LogP contribution is 1.94. The lowest BCUT2D eigenvalue weighted by Crippen LogP contribution is -2.42. The Hall–Kier alpha value is 0.0569. The third kappa shape index (κ3) is 2.72. The highest BCUT2D eigenvalue weighted by atomic mass is 28.1. The second-order valence-electron chi connectivity index (χ2n) is 1.10. The summed E-state index contributed by atoms with van der Waals surface area (Å²) < 4.78 is 0. The van der Waals surface area contributed by atoms with Crippen LogP contribution in [0.3, 0.4) is 0 Å². The Morgan fingerprint density at radius 2 is 1.43 bits per heavy atom. The van der Waals surface area contributed by atoms with Crippen molar-refractivity contribution in [3.05, 3.63) is 0 Å². The zero-order chi connectivity index (χ0) is 6.08. The summed E-state index contributed by atoms with van der Waals surface area (Å²) >= 11 is 0. The molecule has 0 aliphatic heterocycles. The van der Waals surface area contributed by atoms with Crippen LogP contribution in [0.2, 0.25) is 0 Å². The van der Waals surface area contributed by atoms with Crippen LogP contribution in [0.15, 0.2) is 0 Å². The van der Waals surface area contributed by atoms with E-state index in [0.717, 1.165) is 0 Å². The number of aliphatic hydroxyl groups excluding tert-OH is 1. The maximum Gasteiger partial charge on any atom is 0.201 e. The van der Waals surface area contributed by atoms with E-state index >= 15 is 0 Å². The van der Waals surface area contributed by atoms with E-state index < -0.39 is 11.7 Å². The molecular weight excluding hydrogens is 116 g/mol. The first-order valence-electron chi connectivity index (χ1n) is 1.50. The number of hydrogen-bond acceptors (Lipinski definition) is 4. The molecule has 0 aromatic heterocycles. The van der Waals surface area contributed by atoms with Gasteiger partial charge in [-0.25, -0.2) is 0 Å². The van der Waals surface area contributed by atoms with Gasteiger partial charge in [0.25, 0.3) is 0 Å². The monoisotopic (exact) mass is 121 g/mol. The Balaban J connectivity index is 3.54. The molecule has 0 aliphatic rings. The third-order valence-corrected chi connectivity index (χ3v) is 0.618. The second-order valence-corrected chi connectivity index (χ2v) is 1.84. The maximum atomic E-state index is 8.06. The summed E-state index contributed by atoms with van der Waals surface area (Å²) in [5.74, 6) is 0. The SMILES string of the molecule is OC(O)C(O)(O)[Si]. The molecule has 4 N–H and O–H groups in total. The molecule has 0 aliphatic carbocycles. The van der Waals surface area contributed by atoms with E-state index in [2.05, 4.69) is 10.2 Å². The fourth-order valence-corrected chi connectivity index (χ4v) is 0. The molecule has 4 nitrogen and oxygen atoms in total. The number of hydrogen-bond donors (Lipinski definition) is 4. The smallest absolute Gasteiger partial charge is 0.201 e. The molecule has 0 aromatic rings. The molecule has 0 aromatic carbocycles. The van der Waals surface area contributed by atoms with Crippen molar-refractivity contribution in [2.45, 2.75) is 11.7 Å². The highest BCUT2D eigenvalue weighted by molar-refractivity contribution is 6.13. The Morgan fingerprint density at radius 1 is 1.29 bits per heavy atom. The summed E-state index contributed by atoms with van der Waals surface area (Å²) in [7, 11) is 2.20. The first kappa shape index (κ1) is 7.06. The summed E-state index contributed by atoms with van der Waals surface area (Å²) in [4.78, 5) is 0. The summed E-state index contributed by atoms with van der Waals surface area (Å²) in [6.45, 7) is 0. The molecule has 0 amide bonds. The summed E-state index contributed by atoms with van der Waals surface area (Å²) in [6, 6.07) is 0. The van der Waals surface area contributed by atoms with E-state index in [-0.39, 0.29) is 0 Å². The first-order chi connectivity index (χ1) is 2.94. The average Bonchev–Trinajstić information content (AvgIpc) is 1.31. The van der Waals surface area contributed by atoms with E-state index in [0.29, 0.717) is 0 Å². The van der Waals surface area contributed by atoms with Crippen LogP contribution in [0, 0.1) is 0 Å². The molecule has 0 fully saturated rings. The molecule has 0 atom stereocenters. The molecule has 0 heterocycles. The Bertz CT molecular complexity index is 55.2. The molecule has 0 saturated heterocycles. The molecule has 0 unspecified atom stereocenters. The minimum atomic E-state index is -2.58. The van der Waals surface area contributed by atoms with Crippen LogP contribution < -0.4 is 0 Å². The van der Waals surface area contributed by atoms with Crippen molar-refractivity contribution < 1.29 is 20.4 Å². The summed E-state index contributed by atoms with van der Waals surface area (Å²) in [6.07, 6.45) is -2.18. The summed E-state index contributed by atoms with van der Waals surface area (Å²) in [5, 5.41) is 31.9. The predicted octanol–water partition coefficient (Wildman–Crippen LogP) is -2.90. The van der Waals surface area contributed by atoms with Gasteiger partial charge in [0, 0.05) is 0 Å². The molecule has 0 saturated carbocycles. The van der Waals surface area contributed by atoms with Crippen LogP contribution in [0.25, 0.3) is 0 Å². The van der Waals surface area contributed by atoms with Gasteiger partial charge in [0.2, 0.25) is 6.29 Å². The molecule has 0 bridgehead atoms. The lowest BCUT2D eigenvalue weighted by molar-refractivity contribution is -0.238. The van der Waals surface area contributed by atoms with Crippen molar-refractivity contribution in [3.63, 3.8) is 0 Å². The Kier molecular flexibility index (Phi) is 1.90. The van der Waals surface area contributed by atoms with E-state index in [1.54, 1.807) is 0 Å². The van der Waals surface area contributed by atoms with Crippen LogP contribution in [-0.2, 0) is 0 Å². The van der Waals surface area contributed by atoms with Gasteiger partial charge in [-0.05, 0) is 0 Å².